The molecule has 3 fully saturated rings. The Kier molecular flexibility index (Phi) is 11.7. The fourth-order valence-electron chi connectivity index (χ4n) is 9.36. The third kappa shape index (κ3) is 7.90. The normalized spacial score (nSPS) is 21.1. The summed E-state index contributed by atoms with van der Waals surface area (Å²) < 4.78 is 4.80. The largest absolute Gasteiger partial charge is 0.453 e. The molecule has 3 aromatic carbocycles. The molecule has 0 bridgehead atoms. The van der Waals surface area contributed by atoms with Crippen molar-refractivity contribution in [1.29, 1.82) is 0 Å². The molecule has 2 aromatic heterocycles. The summed E-state index contributed by atoms with van der Waals surface area (Å²) >= 11 is 0. The maximum Gasteiger partial charge on any atom is 0.407 e. The van der Waals surface area contributed by atoms with Gasteiger partial charge in [0.1, 0.15) is 17.7 Å². The molecular weight excluding hydrogens is 729 g/mol. The van der Waals surface area contributed by atoms with Gasteiger partial charge in [-0.25, -0.2) is 14.8 Å². The van der Waals surface area contributed by atoms with E-state index < -0.39 is 6.09 Å². The number of benzene rings is 3. The molecule has 8 rings (SSSR count). The molecule has 1 aliphatic carbocycles. The lowest BCUT2D eigenvalue weighted by molar-refractivity contribution is -0.138. The molecule has 12 nitrogen and oxygen atoms in total. The number of methoxy groups -OCH3 is 1. The summed E-state index contributed by atoms with van der Waals surface area (Å²) in [7, 11) is 1.35. The van der Waals surface area contributed by atoms with Crippen LogP contribution in [-0.2, 0) is 14.3 Å². The summed E-state index contributed by atoms with van der Waals surface area (Å²) in [4.78, 5) is 62.7. The molecule has 3 aliphatic rings. The highest BCUT2D eigenvalue weighted by atomic mass is 16.5. The zero-order valence-corrected chi connectivity index (χ0v) is 33.7. The van der Waals surface area contributed by atoms with Gasteiger partial charge in [-0.3, -0.25) is 14.5 Å². The topological polar surface area (TPSA) is 140 Å². The van der Waals surface area contributed by atoms with Gasteiger partial charge < -0.3 is 29.8 Å². The molecule has 2 saturated heterocycles. The minimum Gasteiger partial charge on any atom is -0.453 e. The minimum absolute atomic E-state index is 0.0817. The number of aromatic nitrogens is 4. The van der Waals surface area contributed by atoms with Gasteiger partial charge in [0.15, 0.2) is 0 Å². The Bertz CT molecular complexity index is 2180. The van der Waals surface area contributed by atoms with Crippen molar-refractivity contribution in [2.24, 2.45) is 5.92 Å². The first kappa shape index (κ1) is 39.1. The molecule has 5 aromatic rings. The van der Waals surface area contributed by atoms with Crippen LogP contribution in [0.3, 0.4) is 0 Å². The number of nitrogens with zero attached hydrogens (tertiary/aromatic N) is 5. The monoisotopic (exact) mass is 782 g/mol. The van der Waals surface area contributed by atoms with Crippen molar-refractivity contribution in [3.8, 4) is 33.6 Å². The van der Waals surface area contributed by atoms with E-state index in [9.17, 15) is 14.4 Å². The number of H-pyrrole nitrogens is 2. The number of hydrogen-bond acceptors (Lipinski definition) is 7. The Hall–Kier alpha value is -5.75. The Balaban J connectivity index is 0.918. The number of alkyl carbamates (subject to hydrolysis) is 1. The number of carbonyl (C=O) groups excluding carboxylic acids is 3. The van der Waals surface area contributed by atoms with E-state index in [-0.39, 0.29) is 41.9 Å². The Morgan fingerprint density at radius 1 is 0.724 bits per heavy atom. The predicted octanol–water partition coefficient (Wildman–Crippen LogP) is 8.07. The number of hydrogen-bond donors (Lipinski definition) is 3. The summed E-state index contributed by atoms with van der Waals surface area (Å²) in [6, 6.07) is 26.3. The zero-order chi connectivity index (χ0) is 40.2. The number of rotatable bonds is 12. The second kappa shape index (κ2) is 17.4. The van der Waals surface area contributed by atoms with E-state index in [0.717, 1.165) is 115 Å². The van der Waals surface area contributed by atoms with Gasteiger partial charge in [0, 0.05) is 19.1 Å². The second-order valence-corrected chi connectivity index (χ2v) is 15.7. The number of ether oxygens (including phenoxy) is 1. The molecule has 2 unspecified atom stereocenters. The molecule has 58 heavy (non-hydrogen) atoms. The first-order chi connectivity index (χ1) is 28.4. The van der Waals surface area contributed by atoms with Crippen LogP contribution in [-0.4, -0.2) is 91.9 Å². The lowest BCUT2D eigenvalue weighted by atomic mass is 10.0. The number of likely N-dealkylation sites (N-methyl/N-ethyl adjacent to an activating group) is 1. The number of imidazole rings is 2. The van der Waals surface area contributed by atoms with Crippen molar-refractivity contribution in [3.05, 3.63) is 108 Å². The van der Waals surface area contributed by atoms with Gasteiger partial charge in [0.2, 0.25) is 11.8 Å². The summed E-state index contributed by atoms with van der Waals surface area (Å²) in [6.45, 7) is 7.22. The molecule has 3 amide bonds. The van der Waals surface area contributed by atoms with E-state index in [0.29, 0.717) is 6.54 Å². The van der Waals surface area contributed by atoms with Gasteiger partial charge in [0.25, 0.3) is 0 Å². The average molecular weight is 783 g/mol. The predicted molar refractivity (Wildman–Crippen MR) is 223 cm³/mol. The van der Waals surface area contributed by atoms with Crippen molar-refractivity contribution >= 4 is 17.9 Å². The van der Waals surface area contributed by atoms with Crippen LogP contribution in [0.15, 0.2) is 91.3 Å². The SMILES string of the molecule is CCN(CC)[C@@H](C(=O)N1CCC[C@H]1c1ncc(-c2ccc(-c3ccc(-c4cnc([C@H]5CCCN5C(=O)C5CCCC5NC(=O)OC)[nH]4)cc3)cc2)[nH]1)c1ccccc1. The highest BCUT2D eigenvalue weighted by molar-refractivity contribution is 5.84. The number of nitrogens with one attached hydrogen (secondary N) is 3. The fourth-order valence-corrected chi connectivity index (χ4v) is 9.36. The number of amides is 3. The van der Waals surface area contributed by atoms with Gasteiger partial charge in [-0.15, -0.1) is 0 Å². The molecule has 5 atom stereocenters. The highest BCUT2D eigenvalue weighted by Crippen LogP contribution is 2.38. The molecule has 1 saturated carbocycles. The average Bonchev–Trinajstić information content (AvgIpc) is 4.12. The van der Waals surface area contributed by atoms with Crippen LogP contribution in [0.1, 0.15) is 94.1 Å². The van der Waals surface area contributed by atoms with Crippen molar-refractivity contribution in [1.82, 2.24) is 40.0 Å². The van der Waals surface area contributed by atoms with Crippen LogP contribution in [0.2, 0.25) is 0 Å². The molecule has 0 radical (unpaired) electrons. The number of carbonyl (C=O) groups is 3. The van der Waals surface area contributed by atoms with Crippen LogP contribution in [0.5, 0.6) is 0 Å². The summed E-state index contributed by atoms with van der Waals surface area (Å²) in [5, 5.41) is 2.87. The van der Waals surface area contributed by atoms with Crippen molar-refractivity contribution in [3.63, 3.8) is 0 Å². The van der Waals surface area contributed by atoms with Crippen LogP contribution in [0.25, 0.3) is 33.6 Å². The second-order valence-electron chi connectivity index (χ2n) is 15.7. The maximum absolute atomic E-state index is 14.2. The lowest BCUT2D eigenvalue weighted by Crippen LogP contribution is -2.45. The Morgan fingerprint density at radius 2 is 1.26 bits per heavy atom. The zero-order valence-electron chi connectivity index (χ0n) is 33.7. The van der Waals surface area contributed by atoms with Crippen molar-refractivity contribution < 1.29 is 19.1 Å². The van der Waals surface area contributed by atoms with Gasteiger partial charge in [-0.2, -0.15) is 0 Å². The molecular formula is C46H54N8O4. The summed E-state index contributed by atoms with van der Waals surface area (Å²) in [5.41, 5.74) is 7.11. The van der Waals surface area contributed by atoms with Crippen LogP contribution in [0, 0.1) is 5.92 Å². The third-order valence-electron chi connectivity index (χ3n) is 12.5. The molecule has 0 spiro atoms. The molecule has 2 aliphatic heterocycles. The van der Waals surface area contributed by atoms with Gasteiger partial charge in [-0.1, -0.05) is 99.1 Å². The summed E-state index contributed by atoms with van der Waals surface area (Å²) in [6.07, 6.45) is 9.26. The van der Waals surface area contributed by atoms with Gasteiger partial charge in [-0.05, 0) is 79.4 Å². The van der Waals surface area contributed by atoms with E-state index in [4.69, 9.17) is 14.7 Å². The van der Waals surface area contributed by atoms with Gasteiger partial charge in [0.05, 0.1) is 48.9 Å². The van der Waals surface area contributed by atoms with E-state index >= 15 is 0 Å². The van der Waals surface area contributed by atoms with Gasteiger partial charge >= 0.3 is 6.09 Å². The third-order valence-corrected chi connectivity index (χ3v) is 12.5. The highest BCUT2D eigenvalue weighted by Gasteiger charge is 2.42. The van der Waals surface area contributed by atoms with Crippen molar-refractivity contribution in [2.45, 2.75) is 83.0 Å². The van der Waals surface area contributed by atoms with Crippen LogP contribution >= 0.6 is 0 Å². The fraction of sp³-hybridized carbons (Fsp3) is 0.413. The van der Waals surface area contributed by atoms with Crippen LogP contribution in [0.4, 0.5) is 4.79 Å². The maximum atomic E-state index is 14.2. The number of likely N-dealkylation sites (tertiary alicyclic amines) is 2. The lowest BCUT2D eigenvalue weighted by Gasteiger charge is -2.34. The Labute approximate surface area is 340 Å². The van der Waals surface area contributed by atoms with E-state index in [1.807, 2.05) is 40.4 Å². The van der Waals surface area contributed by atoms with Crippen molar-refractivity contribution in [2.75, 3.05) is 33.3 Å². The minimum atomic E-state index is -0.490. The smallest absolute Gasteiger partial charge is 0.407 e. The molecule has 12 heteroatoms. The van der Waals surface area contributed by atoms with E-state index in [1.165, 1.54) is 7.11 Å². The molecule has 3 N–H and O–H groups in total. The molecule has 4 heterocycles. The van der Waals surface area contributed by atoms with Crippen LogP contribution < -0.4 is 5.32 Å². The van der Waals surface area contributed by atoms with E-state index in [1.54, 1.807) is 0 Å². The summed E-state index contributed by atoms with van der Waals surface area (Å²) in [5.74, 6) is 1.59. The Morgan fingerprint density at radius 3 is 1.81 bits per heavy atom. The standard InChI is InChI=1S/C46H54N8O4/c1-4-52(5-2)41(34-12-7-6-8-13-34)45(56)54-27-11-17-40(54)43-48-29-38(50-43)33-24-20-31(21-25-33)30-18-22-32(23-19-30)37-28-47-42(49-37)39-16-10-26-53(39)44(55)35-14-9-15-36(35)51-46(57)58-3/h6-8,12-13,18-25,28-29,35-36,39-41H,4-5,9-11,14-17,26-27H2,1-3H3,(H,47,49)(H,48,50)(H,51,57)/t35?,36?,39-,40+,41-/m1/s1. The molecule has 302 valence electrons. The van der Waals surface area contributed by atoms with E-state index in [2.05, 4.69) is 94.7 Å². The first-order valence-corrected chi connectivity index (χ1v) is 20.9. The quantitative estimate of drug-likeness (QED) is 0.116. The number of aromatic amines is 2. The first-order valence-electron chi connectivity index (χ1n) is 20.9.